The summed E-state index contributed by atoms with van der Waals surface area (Å²) < 4.78 is 18.4. The first-order valence-electron chi connectivity index (χ1n) is 12.1. The lowest BCUT2D eigenvalue weighted by molar-refractivity contribution is -0.385. The Balaban J connectivity index is 1.38. The van der Waals surface area contributed by atoms with E-state index in [1.54, 1.807) is 66.7 Å². The average Bonchev–Trinajstić information content (AvgIpc) is 3.40. The largest absolute Gasteiger partial charge is 0.493 e. The van der Waals surface area contributed by atoms with Crippen molar-refractivity contribution in [2.75, 3.05) is 7.11 Å². The fourth-order valence-corrected chi connectivity index (χ4v) is 4.32. The van der Waals surface area contributed by atoms with Crippen molar-refractivity contribution in [3.8, 4) is 29.0 Å². The number of methoxy groups -OCH3 is 1. The van der Waals surface area contributed by atoms with Crippen LogP contribution in [0.2, 0.25) is 5.02 Å². The lowest BCUT2D eigenvalue weighted by Crippen LogP contribution is -2.20. The monoisotopic (exact) mass is 567 g/mol. The van der Waals surface area contributed by atoms with Crippen LogP contribution in [0, 0.1) is 10.1 Å². The molecular formula is C29H18ClN5O6. The van der Waals surface area contributed by atoms with E-state index in [-0.39, 0.29) is 23.0 Å². The van der Waals surface area contributed by atoms with Crippen LogP contribution in [0.5, 0.6) is 17.4 Å². The number of hydrogen-bond acceptors (Lipinski definition) is 9. The number of pyridine rings is 1. The zero-order valence-corrected chi connectivity index (χ0v) is 22.0. The van der Waals surface area contributed by atoms with Crippen molar-refractivity contribution in [2.45, 2.75) is 0 Å². The van der Waals surface area contributed by atoms with Gasteiger partial charge in [0.25, 0.3) is 11.2 Å². The van der Waals surface area contributed by atoms with Gasteiger partial charge < -0.3 is 13.9 Å². The van der Waals surface area contributed by atoms with Crippen molar-refractivity contribution in [3.63, 3.8) is 0 Å². The number of benzene rings is 3. The van der Waals surface area contributed by atoms with Gasteiger partial charge in [0.1, 0.15) is 11.8 Å². The highest BCUT2D eigenvalue weighted by atomic mass is 35.5. The minimum absolute atomic E-state index is 0.153. The lowest BCUT2D eigenvalue weighted by atomic mass is 10.2. The standard InChI is InChI=1S/C29H18ClN5O6/c1-39-25-12-17(6-9-24(25)41-27-11-8-20(16-31-27)35(37)38)15-32-34-28(33-22-5-3-2-4-21(22)29(34)36)26-14-18-13-19(30)7-10-23(18)40-26/h2-16H,1H3. The number of aromatic nitrogens is 3. The highest BCUT2D eigenvalue weighted by molar-refractivity contribution is 6.31. The number of halogens is 1. The Bertz CT molecular complexity index is 2030. The van der Waals surface area contributed by atoms with E-state index < -0.39 is 4.92 Å². The Kier molecular flexibility index (Phi) is 6.62. The number of hydrogen-bond donors (Lipinski definition) is 0. The third-order valence-corrected chi connectivity index (χ3v) is 6.34. The van der Waals surface area contributed by atoms with Gasteiger partial charge in [-0.1, -0.05) is 23.7 Å². The molecule has 0 atom stereocenters. The van der Waals surface area contributed by atoms with Crippen LogP contribution in [-0.4, -0.2) is 32.9 Å². The van der Waals surface area contributed by atoms with Crippen molar-refractivity contribution in [1.82, 2.24) is 14.6 Å². The highest BCUT2D eigenvalue weighted by Crippen LogP contribution is 2.32. The lowest BCUT2D eigenvalue weighted by Gasteiger charge is -2.10. The summed E-state index contributed by atoms with van der Waals surface area (Å²) in [5.74, 6) is 1.40. The van der Waals surface area contributed by atoms with E-state index >= 15 is 0 Å². The van der Waals surface area contributed by atoms with Gasteiger partial charge in [0, 0.05) is 22.5 Å². The Morgan fingerprint density at radius 3 is 2.68 bits per heavy atom. The maximum absolute atomic E-state index is 13.5. The predicted molar refractivity (Wildman–Crippen MR) is 153 cm³/mol. The van der Waals surface area contributed by atoms with E-state index in [9.17, 15) is 14.9 Å². The molecular weight excluding hydrogens is 550 g/mol. The van der Waals surface area contributed by atoms with E-state index in [4.69, 9.17) is 25.5 Å². The molecule has 11 nitrogen and oxygen atoms in total. The molecule has 41 heavy (non-hydrogen) atoms. The van der Waals surface area contributed by atoms with Gasteiger partial charge in [-0.15, -0.1) is 0 Å². The maximum atomic E-state index is 13.5. The van der Waals surface area contributed by atoms with Crippen LogP contribution in [-0.2, 0) is 0 Å². The highest BCUT2D eigenvalue weighted by Gasteiger charge is 2.17. The van der Waals surface area contributed by atoms with E-state index in [0.29, 0.717) is 44.3 Å². The molecule has 0 radical (unpaired) electrons. The first kappa shape index (κ1) is 25.7. The Hall–Kier alpha value is -5.55. The Labute approximate surface area is 236 Å². The van der Waals surface area contributed by atoms with Gasteiger partial charge in [-0.2, -0.15) is 9.78 Å². The minimum atomic E-state index is -0.545. The molecule has 0 N–H and O–H groups in total. The fourth-order valence-electron chi connectivity index (χ4n) is 4.14. The average molecular weight is 568 g/mol. The van der Waals surface area contributed by atoms with E-state index in [1.807, 2.05) is 0 Å². The maximum Gasteiger partial charge on any atom is 0.287 e. The normalized spacial score (nSPS) is 11.4. The summed E-state index contributed by atoms with van der Waals surface area (Å²) in [5, 5.41) is 17.0. The van der Waals surface area contributed by atoms with Gasteiger partial charge in [0.15, 0.2) is 17.3 Å². The van der Waals surface area contributed by atoms with Gasteiger partial charge >= 0.3 is 0 Å². The quantitative estimate of drug-likeness (QED) is 0.122. The van der Waals surface area contributed by atoms with Crippen molar-refractivity contribution in [1.29, 1.82) is 0 Å². The van der Waals surface area contributed by atoms with Crippen molar-refractivity contribution < 1.29 is 18.8 Å². The second kappa shape index (κ2) is 10.5. The van der Waals surface area contributed by atoms with Crippen molar-refractivity contribution in [3.05, 3.63) is 116 Å². The zero-order chi connectivity index (χ0) is 28.5. The van der Waals surface area contributed by atoms with Gasteiger partial charge in [0.2, 0.25) is 11.7 Å². The Morgan fingerprint density at radius 1 is 1.05 bits per heavy atom. The minimum Gasteiger partial charge on any atom is -0.493 e. The summed E-state index contributed by atoms with van der Waals surface area (Å²) in [4.78, 5) is 32.5. The molecule has 0 saturated heterocycles. The van der Waals surface area contributed by atoms with Crippen molar-refractivity contribution in [2.24, 2.45) is 5.10 Å². The van der Waals surface area contributed by atoms with Crippen LogP contribution in [0.25, 0.3) is 33.5 Å². The summed E-state index contributed by atoms with van der Waals surface area (Å²) in [6.45, 7) is 0. The molecule has 0 spiro atoms. The molecule has 3 aromatic carbocycles. The molecule has 0 aliphatic carbocycles. The molecule has 0 aliphatic heterocycles. The van der Waals surface area contributed by atoms with E-state index in [1.165, 1.54) is 30.1 Å². The second-order valence-electron chi connectivity index (χ2n) is 8.73. The molecule has 0 amide bonds. The van der Waals surface area contributed by atoms with Crippen molar-refractivity contribution >= 4 is 45.4 Å². The number of furan rings is 1. The first-order chi connectivity index (χ1) is 19.9. The molecule has 0 bridgehead atoms. The summed E-state index contributed by atoms with van der Waals surface area (Å²) in [7, 11) is 1.47. The topological polar surface area (TPSA) is 135 Å². The molecule has 0 fully saturated rings. The molecule has 3 heterocycles. The van der Waals surface area contributed by atoms with Crippen LogP contribution >= 0.6 is 11.6 Å². The van der Waals surface area contributed by atoms with Gasteiger partial charge in [0.05, 0.1) is 29.2 Å². The van der Waals surface area contributed by atoms with Crippen LogP contribution in [0.1, 0.15) is 5.56 Å². The number of rotatable bonds is 7. The third-order valence-electron chi connectivity index (χ3n) is 6.11. The third kappa shape index (κ3) is 5.09. The number of ether oxygens (including phenoxy) is 2. The molecule has 0 unspecified atom stereocenters. The first-order valence-corrected chi connectivity index (χ1v) is 12.5. The fraction of sp³-hybridized carbons (Fsp3) is 0.0345. The van der Waals surface area contributed by atoms with Gasteiger partial charge in [-0.25, -0.2) is 9.97 Å². The molecule has 6 aromatic rings. The summed E-state index contributed by atoms with van der Waals surface area (Å²) >= 11 is 6.14. The molecule has 3 aromatic heterocycles. The van der Waals surface area contributed by atoms with E-state index in [0.717, 1.165) is 11.6 Å². The second-order valence-corrected chi connectivity index (χ2v) is 9.17. The Morgan fingerprint density at radius 2 is 1.90 bits per heavy atom. The smallest absolute Gasteiger partial charge is 0.287 e. The SMILES string of the molecule is COc1cc(C=Nn2c(-c3cc4cc(Cl)ccc4o3)nc3ccccc3c2=O)ccc1Oc1ccc([N+](=O)[O-])cn1. The summed E-state index contributed by atoms with van der Waals surface area (Å²) in [5.41, 5.74) is 1.15. The molecule has 0 saturated carbocycles. The number of para-hydroxylation sites is 1. The number of nitro groups is 1. The van der Waals surface area contributed by atoms with Crippen LogP contribution in [0.15, 0.2) is 99.4 Å². The van der Waals surface area contributed by atoms with Crippen LogP contribution in [0.4, 0.5) is 5.69 Å². The molecule has 6 rings (SSSR count). The molecule has 12 heteroatoms. The number of fused-ring (bicyclic) bond motifs is 2. The molecule has 0 aliphatic rings. The zero-order valence-electron chi connectivity index (χ0n) is 21.2. The van der Waals surface area contributed by atoms with Crippen LogP contribution in [0.3, 0.4) is 0 Å². The van der Waals surface area contributed by atoms with Crippen LogP contribution < -0.4 is 15.0 Å². The summed E-state index contributed by atoms with van der Waals surface area (Å²) in [6.07, 6.45) is 2.59. The predicted octanol–water partition coefficient (Wildman–Crippen LogP) is 6.45. The van der Waals surface area contributed by atoms with Gasteiger partial charge in [-0.3, -0.25) is 14.9 Å². The molecule has 202 valence electrons. The number of nitrogens with zero attached hydrogens (tertiary/aromatic N) is 5. The van der Waals surface area contributed by atoms with E-state index in [2.05, 4.69) is 15.1 Å². The summed E-state index contributed by atoms with van der Waals surface area (Å²) in [6, 6.07) is 21.6. The van der Waals surface area contributed by atoms with Gasteiger partial charge in [-0.05, 0) is 60.2 Å².